The highest BCUT2D eigenvalue weighted by molar-refractivity contribution is 6.03. The van der Waals surface area contributed by atoms with Crippen LogP contribution in [0.4, 0.5) is 5.69 Å². The van der Waals surface area contributed by atoms with Crippen LogP contribution in [-0.2, 0) is 4.74 Å². The van der Waals surface area contributed by atoms with Gasteiger partial charge in [-0.1, -0.05) is 6.07 Å². The van der Waals surface area contributed by atoms with Crippen molar-refractivity contribution < 1.29 is 19.1 Å². The lowest BCUT2D eigenvalue weighted by Gasteiger charge is -2.11. The molecule has 0 bridgehead atoms. The van der Waals surface area contributed by atoms with Crippen molar-refractivity contribution in [1.29, 1.82) is 0 Å². The van der Waals surface area contributed by atoms with Crippen molar-refractivity contribution in [3.05, 3.63) is 53.9 Å². The van der Waals surface area contributed by atoms with Gasteiger partial charge < -0.3 is 20.1 Å². The van der Waals surface area contributed by atoms with Crippen LogP contribution in [0.3, 0.4) is 0 Å². The molecule has 1 aromatic carbocycles. The van der Waals surface area contributed by atoms with Gasteiger partial charge in [0, 0.05) is 19.3 Å². The molecule has 138 valence electrons. The molecule has 0 fully saturated rings. The number of ether oxygens (including phenoxy) is 2. The van der Waals surface area contributed by atoms with Gasteiger partial charge in [-0.2, -0.15) is 0 Å². The third-order valence-electron chi connectivity index (χ3n) is 3.29. The molecule has 0 saturated heterocycles. The fourth-order valence-corrected chi connectivity index (χ4v) is 2.13. The third-order valence-corrected chi connectivity index (χ3v) is 3.29. The number of pyridine rings is 1. The first kappa shape index (κ1) is 19.4. The van der Waals surface area contributed by atoms with E-state index in [1.807, 2.05) is 13.8 Å². The Kier molecular flexibility index (Phi) is 7.11. The number of carbonyl (C=O) groups is 2. The largest absolute Gasteiger partial charge is 0.491 e. The topological polar surface area (TPSA) is 89.5 Å². The first-order chi connectivity index (χ1) is 12.5. The molecule has 2 aromatic rings. The number of methoxy groups -OCH3 is 1. The molecule has 0 atom stereocenters. The number of amides is 2. The summed E-state index contributed by atoms with van der Waals surface area (Å²) >= 11 is 0. The molecule has 2 amide bonds. The Balaban J connectivity index is 2.01. The van der Waals surface area contributed by atoms with E-state index >= 15 is 0 Å². The van der Waals surface area contributed by atoms with E-state index in [1.54, 1.807) is 49.6 Å². The highest BCUT2D eigenvalue weighted by Gasteiger charge is 2.12. The Morgan fingerprint density at radius 3 is 2.31 bits per heavy atom. The minimum absolute atomic E-state index is 0.0809. The smallest absolute Gasteiger partial charge is 0.274 e. The SMILES string of the molecule is COCCNC(=O)c1cccc(C(=O)Nc2ccc(OC(C)C)cc2)n1. The standard InChI is InChI=1S/C19H23N3O4/c1-13(2)26-15-9-7-14(8-10-15)21-19(24)17-6-4-5-16(22-17)18(23)20-11-12-25-3/h4-10,13H,11-12H2,1-3H3,(H,20,23)(H,21,24). The van der Waals surface area contributed by atoms with Crippen LogP contribution < -0.4 is 15.4 Å². The zero-order chi connectivity index (χ0) is 18.9. The number of hydrogen-bond donors (Lipinski definition) is 2. The number of carbonyl (C=O) groups excluding carboxylic acids is 2. The Morgan fingerprint density at radius 2 is 1.69 bits per heavy atom. The average molecular weight is 357 g/mol. The van der Waals surface area contributed by atoms with Gasteiger partial charge in [0.2, 0.25) is 0 Å². The summed E-state index contributed by atoms with van der Waals surface area (Å²) in [6, 6.07) is 11.8. The minimum Gasteiger partial charge on any atom is -0.491 e. The molecule has 2 N–H and O–H groups in total. The Morgan fingerprint density at radius 1 is 1.04 bits per heavy atom. The number of nitrogens with one attached hydrogen (secondary N) is 2. The van der Waals surface area contributed by atoms with Gasteiger partial charge in [-0.3, -0.25) is 9.59 Å². The molecule has 7 nitrogen and oxygen atoms in total. The molecule has 2 rings (SSSR count). The molecule has 1 heterocycles. The Labute approximate surface area is 152 Å². The predicted molar refractivity (Wildman–Crippen MR) is 98.6 cm³/mol. The maximum absolute atomic E-state index is 12.4. The zero-order valence-corrected chi connectivity index (χ0v) is 15.1. The normalized spacial score (nSPS) is 10.5. The van der Waals surface area contributed by atoms with Crippen LogP contribution in [0.5, 0.6) is 5.75 Å². The van der Waals surface area contributed by atoms with E-state index < -0.39 is 5.91 Å². The van der Waals surface area contributed by atoms with Crippen LogP contribution in [-0.4, -0.2) is 43.2 Å². The van der Waals surface area contributed by atoms with Gasteiger partial charge >= 0.3 is 0 Å². The lowest BCUT2D eigenvalue weighted by Crippen LogP contribution is -2.28. The van der Waals surface area contributed by atoms with Crippen molar-refractivity contribution in [2.45, 2.75) is 20.0 Å². The summed E-state index contributed by atoms with van der Waals surface area (Å²) < 4.78 is 10.4. The monoisotopic (exact) mass is 357 g/mol. The number of nitrogens with zero attached hydrogens (tertiary/aromatic N) is 1. The molecule has 0 unspecified atom stereocenters. The molecule has 0 radical (unpaired) electrons. The van der Waals surface area contributed by atoms with Crippen molar-refractivity contribution in [2.75, 3.05) is 25.6 Å². The van der Waals surface area contributed by atoms with Gasteiger partial charge in [0.1, 0.15) is 17.1 Å². The van der Waals surface area contributed by atoms with E-state index in [0.29, 0.717) is 18.8 Å². The number of aromatic nitrogens is 1. The van der Waals surface area contributed by atoms with Crippen LogP contribution in [0.1, 0.15) is 34.8 Å². The van der Waals surface area contributed by atoms with E-state index in [2.05, 4.69) is 15.6 Å². The van der Waals surface area contributed by atoms with E-state index in [0.717, 1.165) is 5.75 Å². The summed E-state index contributed by atoms with van der Waals surface area (Å²) in [6.45, 7) is 4.67. The van der Waals surface area contributed by atoms with E-state index in [-0.39, 0.29) is 23.4 Å². The third kappa shape index (κ3) is 5.86. The Hall–Kier alpha value is -2.93. The number of rotatable bonds is 8. The molecule has 7 heteroatoms. The quantitative estimate of drug-likeness (QED) is 0.709. The molecular formula is C19H23N3O4. The summed E-state index contributed by atoms with van der Waals surface area (Å²) in [6.07, 6.45) is 0.0809. The number of hydrogen-bond acceptors (Lipinski definition) is 5. The van der Waals surface area contributed by atoms with E-state index in [9.17, 15) is 9.59 Å². The van der Waals surface area contributed by atoms with Crippen LogP contribution in [0, 0.1) is 0 Å². The summed E-state index contributed by atoms with van der Waals surface area (Å²) in [5.74, 6) is -0.0215. The molecule has 0 aliphatic rings. The highest BCUT2D eigenvalue weighted by atomic mass is 16.5. The molecule has 1 aromatic heterocycles. The van der Waals surface area contributed by atoms with Gasteiger partial charge in [0.05, 0.1) is 12.7 Å². The first-order valence-electron chi connectivity index (χ1n) is 8.32. The van der Waals surface area contributed by atoms with Crippen LogP contribution in [0.15, 0.2) is 42.5 Å². The fraction of sp³-hybridized carbons (Fsp3) is 0.316. The molecular weight excluding hydrogens is 334 g/mol. The van der Waals surface area contributed by atoms with Gasteiger partial charge in [-0.05, 0) is 50.2 Å². The molecule has 26 heavy (non-hydrogen) atoms. The summed E-state index contributed by atoms with van der Waals surface area (Å²) in [5, 5.41) is 5.41. The number of benzene rings is 1. The lowest BCUT2D eigenvalue weighted by atomic mass is 10.2. The highest BCUT2D eigenvalue weighted by Crippen LogP contribution is 2.17. The van der Waals surface area contributed by atoms with Crippen LogP contribution >= 0.6 is 0 Å². The van der Waals surface area contributed by atoms with Gasteiger partial charge in [-0.25, -0.2) is 4.98 Å². The van der Waals surface area contributed by atoms with E-state index in [1.165, 1.54) is 0 Å². The first-order valence-corrected chi connectivity index (χ1v) is 8.32. The molecule has 0 aliphatic carbocycles. The zero-order valence-electron chi connectivity index (χ0n) is 15.1. The second-order valence-corrected chi connectivity index (χ2v) is 5.80. The van der Waals surface area contributed by atoms with Gasteiger partial charge in [0.25, 0.3) is 11.8 Å². The summed E-state index contributed by atoms with van der Waals surface area (Å²) in [4.78, 5) is 28.5. The fourth-order valence-electron chi connectivity index (χ4n) is 2.13. The van der Waals surface area contributed by atoms with Crippen molar-refractivity contribution in [1.82, 2.24) is 10.3 Å². The van der Waals surface area contributed by atoms with Crippen molar-refractivity contribution >= 4 is 17.5 Å². The Bertz CT molecular complexity index is 745. The summed E-state index contributed by atoms with van der Waals surface area (Å²) in [7, 11) is 1.55. The molecule has 0 aliphatic heterocycles. The molecule has 0 saturated carbocycles. The lowest BCUT2D eigenvalue weighted by molar-refractivity contribution is 0.0932. The average Bonchev–Trinajstić information content (AvgIpc) is 2.63. The van der Waals surface area contributed by atoms with Crippen LogP contribution in [0.2, 0.25) is 0 Å². The maximum Gasteiger partial charge on any atom is 0.274 e. The van der Waals surface area contributed by atoms with Crippen LogP contribution in [0.25, 0.3) is 0 Å². The van der Waals surface area contributed by atoms with E-state index in [4.69, 9.17) is 9.47 Å². The predicted octanol–water partition coefficient (Wildman–Crippen LogP) is 2.50. The van der Waals surface area contributed by atoms with Gasteiger partial charge in [0.15, 0.2) is 0 Å². The maximum atomic E-state index is 12.4. The second kappa shape index (κ2) is 9.53. The van der Waals surface area contributed by atoms with Crippen molar-refractivity contribution in [2.24, 2.45) is 0 Å². The minimum atomic E-state index is -0.394. The molecule has 0 spiro atoms. The second-order valence-electron chi connectivity index (χ2n) is 5.80. The van der Waals surface area contributed by atoms with Gasteiger partial charge in [-0.15, -0.1) is 0 Å². The summed E-state index contributed by atoms with van der Waals surface area (Å²) in [5.41, 5.74) is 0.948. The number of anilines is 1. The van der Waals surface area contributed by atoms with Crippen molar-refractivity contribution in [3.8, 4) is 5.75 Å². The van der Waals surface area contributed by atoms with Crippen molar-refractivity contribution in [3.63, 3.8) is 0 Å².